The topological polar surface area (TPSA) is 79.7 Å². The average molecular weight is 414 g/mol. The predicted octanol–water partition coefficient (Wildman–Crippen LogP) is 1.59. The van der Waals surface area contributed by atoms with Gasteiger partial charge < -0.3 is 19.9 Å². The van der Waals surface area contributed by atoms with Gasteiger partial charge in [-0.2, -0.15) is 0 Å². The molecule has 1 amide bonds. The van der Waals surface area contributed by atoms with Crippen molar-refractivity contribution in [3.8, 4) is 17.0 Å². The highest BCUT2D eigenvalue weighted by molar-refractivity contribution is 5.77. The molecule has 1 saturated heterocycles. The third-order valence-corrected chi connectivity index (χ3v) is 5.17. The summed E-state index contributed by atoms with van der Waals surface area (Å²) in [5.74, 6) is 0.871. The van der Waals surface area contributed by atoms with Crippen LogP contribution in [-0.2, 0) is 11.3 Å². The molecule has 2 aromatic rings. The van der Waals surface area contributed by atoms with E-state index in [0.29, 0.717) is 17.3 Å². The van der Waals surface area contributed by atoms with Gasteiger partial charge in [0.2, 0.25) is 5.91 Å². The number of carbonyl (C=O) groups excluding carboxylic acids is 1. The molecule has 1 aliphatic rings. The number of anilines is 1. The molecule has 0 saturated carbocycles. The van der Waals surface area contributed by atoms with Gasteiger partial charge in [0.1, 0.15) is 12.3 Å². The summed E-state index contributed by atoms with van der Waals surface area (Å²) in [6.45, 7) is 7.09. The van der Waals surface area contributed by atoms with Crippen LogP contribution in [0.5, 0.6) is 5.75 Å². The fourth-order valence-corrected chi connectivity index (χ4v) is 3.63. The van der Waals surface area contributed by atoms with Gasteiger partial charge in [-0.05, 0) is 46.0 Å². The minimum atomic E-state index is -0.251. The molecule has 1 fully saturated rings. The summed E-state index contributed by atoms with van der Waals surface area (Å²) in [6.07, 6.45) is 2.64. The van der Waals surface area contributed by atoms with Crippen LogP contribution in [-0.4, -0.2) is 66.7 Å². The summed E-state index contributed by atoms with van der Waals surface area (Å²) < 4.78 is 6.84. The number of nitrogens with zero attached hydrogens (tertiary/aromatic N) is 4. The highest BCUT2D eigenvalue weighted by Gasteiger charge is 2.21. The van der Waals surface area contributed by atoms with E-state index in [9.17, 15) is 9.59 Å². The molecule has 2 heterocycles. The Balaban J connectivity index is 2.04. The minimum absolute atomic E-state index is 0.00377. The summed E-state index contributed by atoms with van der Waals surface area (Å²) >= 11 is 0. The van der Waals surface area contributed by atoms with Crippen molar-refractivity contribution in [1.82, 2.24) is 19.8 Å². The largest absolute Gasteiger partial charge is 0.497 e. The van der Waals surface area contributed by atoms with Crippen LogP contribution in [0.2, 0.25) is 0 Å². The molecular formula is C22H31N5O3. The number of methoxy groups -OCH3 is 1. The molecule has 0 unspecified atom stereocenters. The number of hydrogen-bond donors (Lipinski definition) is 1. The lowest BCUT2D eigenvalue weighted by Crippen LogP contribution is -2.40. The van der Waals surface area contributed by atoms with Gasteiger partial charge in [0.05, 0.1) is 19.0 Å². The second-order valence-electron chi connectivity index (χ2n) is 7.96. The number of benzene rings is 1. The number of hydrogen-bond acceptors (Lipinski definition) is 6. The number of ether oxygens (including phenoxy) is 1. The summed E-state index contributed by atoms with van der Waals surface area (Å²) in [5, 5.41) is 2.87. The number of rotatable bonds is 6. The number of aromatic nitrogens is 2. The number of nitrogens with one attached hydrogen (secondary N) is 1. The van der Waals surface area contributed by atoms with Crippen molar-refractivity contribution in [2.45, 2.75) is 32.9 Å². The van der Waals surface area contributed by atoms with Gasteiger partial charge >= 0.3 is 0 Å². The molecule has 8 nitrogen and oxygen atoms in total. The normalized spacial score (nSPS) is 15.2. The average Bonchev–Trinajstić information content (AvgIpc) is 2.93. The van der Waals surface area contributed by atoms with Crippen LogP contribution in [0.25, 0.3) is 11.3 Å². The molecule has 1 N–H and O–H groups in total. The second-order valence-corrected chi connectivity index (χ2v) is 7.96. The molecule has 162 valence electrons. The molecule has 0 spiro atoms. The first-order chi connectivity index (χ1) is 14.4. The maximum absolute atomic E-state index is 13.5. The van der Waals surface area contributed by atoms with Crippen molar-refractivity contribution in [3.05, 3.63) is 40.8 Å². The highest BCUT2D eigenvalue weighted by atomic mass is 16.5. The summed E-state index contributed by atoms with van der Waals surface area (Å²) in [4.78, 5) is 34.8. The third-order valence-electron chi connectivity index (χ3n) is 5.17. The maximum Gasteiger partial charge on any atom is 0.294 e. The van der Waals surface area contributed by atoms with Gasteiger partial charge in [-0.25, -0.2) is 4.98 Å². The first kappa shape index (κ1) is 21.8. The smallest absolute Gasteiger partial charge is 0.294 e. The quantitative estimate of drug-likeness (QED) is 0.775. The fourth-order valence-electron chi connectivity index (χ4n) is 3.63. The molecule has 1 aromatic heterocycles. The zero-order chi connectivity index (χ0) is 21.7. The van der Waals surface area contributed by atoms with Crippen LogP contribution >= 0.6 is 0 Å². The lowest BCUT2D eigenvalue weighted by atomic mass is 10.1. The number of likely N-dealkylation sites (N-methyl/N-ethyl adjacent to an activating group) is 1. The van der Waals surface area contributed by atoms with Crippen LogP contribution in [0.15, 0.2) is 35.3 Å². The molecule has 0 radical (unpaired) electrons. The van der Waals surface area contributed by atoms with Gasteiger partial charge in [0.25, 0.3) is 5.56 Å². The van der Waals surface area contributed by atoms with Crippen molar-refractivity contribution >= 4 is 11.7 Å². The molecule has 0 atom stereocenters. The number of carbonyl (C=O) groups is 1. The molecule has 30 heavy (non-hydrogen) atoms. The zero-order valence-electron chi connectivity index (χ0n) is 18.2. The molecule has 1 aliphatic heterocycles. The van der Waals surface area contributed by atoms with Crippen LogP contribution in [0.1, 0.15) is 20.3 Å². The molecule has 1 aromatic carbocycles. The van der Waals surface area contributed by atoms with E-state index < -0.39 is 0 Å². The van der Waals surface area contributed by atoms with E-state index >= 15 is 0 Å². The van der Waals surface area contributed by atoms with Crippen molar-refractivity contribution in [2.75, 3.05) is 45.2 Å². The monoisotopic (exact) mass is 413 g/mol. The number of amides is 1. The molecule has 8 heteroatoms. The molecule has 0 aliphatic carbocycles. The van der Waals surface area contributed by atoms with E-state index in [2.05, 4.69) is 22.2 Å². The van der Waals surface area contributed by atoms with Crippen molar-refractivity contribution in [1.29, 1.82) is 0 Å². The van der Waals surface area contributed by atoms with Gasteiger partial charge in [-0.1, -0.05) is 12.1 Å². The van der Waals surface area contributed by atoms with E-state index in [0.717, 1.165) is 38.2 Å². The first-order valence-corrected chi connectivity index (χ1v) is 10.4. The van der Waals surface area contributed by atoms with Crippen LogP contribution in [0.4, 0.5) is 5.82 Å². The van der Waals surface area contributed by atoms with Crippen LogP contribution in [0, 0.1) is 0 Å². The highest BCUT2D eigenvalue weighted by Crippen LogP contribution is 2.23. The maximum atomic E-state index is 13.5. The summed E-state index contributed by atoms with van der Waals surface area (Å²) in [7, 11) is 3.68. The predicted molar refractivity (Wildman–Crippen MR) is 118 cm³/mol. The first-order valence-electron chi connectivity index (χ1n) is 10.4. The Morgan fingerprint density at radius 1 is 1.23 bits per heavy atom. The minimum Gasteiger partial charge on any atom is -0.497 e. The molecule has 3 rings (SSSR count). The van der Waals surface area contributed by atoms with E-state index in [1.165, 1.54) is 4.57 Å². The van der Waals surface area contributed by atoms with Gasteiger partial charge in [0.15, 0.2) is 5.82 Å². The Morgan fingerprint density at radius 3 is 2.77 bits per heavy atom. The van der Waals surface area contributed by atoms with Crippen molar-refractivity contribution in [2.24, 2.45) is 0 Å². The van der Waals surface area contributed by atoms with E-state index in [-0.39, 0.29) is 24.1 Å². The lowest BCUT2D eigenvalue weighted by Gasteiger charge is -2.23. The Labute approximate surface area is 177 Å². The SMILES string of the molecule is COc1cccc(-c2cnc(N3CCCN(C)CC3)c(=O)n2CC(=O)NC(C)C)c1. The van der Waals surface area contributed by atoms with Gasteiger partial charge in [-0.15, -0.1) is 0 Å². The van der Waals surface area contributed by atoms with E-state index in [4.69, 9.17) is 4.74 Å². The lowest BCUT2D eigenvalue weighted by molar-refractivity contribution is -0.122. The summed E-state index contributed by atoms with van der Waals surface area (Å²) in [6, 6.07) is 7.42. The molecule has 0 bridgehead atoms. The van der Waals surface area contributed by atoms with Gasteiger partial charge in [-0.3, -0.25) is 14.2 Å². The molecular weight excluding hydrogens is 382 g/mol. The third kappa shape index (κ3) is 5.18. The van der Waals surface area contributed by atoms with Gasteiger partial charge in [0, 0.05) is 31.2 Å². The van der Waals surface area contributed by atoms with Crippen LogP contribution in [0.3, 0.4) is 0 Å². The standard InChI is InChI=1S/C22H31N5O3/c1-16(2)24-20(28)15-27-19(17-7-5-8-18(13-17)30-4)14-23-21(22(27)29)26-10-6-9-25(3)11-12-26/h5,7-8,13-14,16H,6,9-12,15H2,1-4H3,(H,24,28). The van der Waals surface area contributed by atoms with Crippen molar-refractivity contribution in [3.63, 3.8) is 0 Å². The Bertz CT molecular complexity index is 941. The van der Waals surface area contributed by atoms with E-state index in [1.54, 1.807) is 13.3 Å². The van der Waals surface area contributed by atoms with Crippen LogP contribution < -0.4 is 20.5 Å². The Kier molecular flexibility index (Phi) is 7.10. The fraction of sp³-hybridized carbons (Fsp3) is 0.500. The zero-order valence-corrected chi connectivity index (χ0v) is 18.2. The second kappa shape index (κ2) is 9.75. The summed E-state index contributed by atoms with van der Waals surface area (Å²) in [5.41, 5.74) is 1.12. The Hall–Kier alpha value is -2.87. The van der Waals surface area contributed by atoms with Crippen molar-refractivity contribution < 1.29 is 9.53 Å². The van der Waals surface area contributed by atoms with E-state index in [1.807, 2.05) is 43.0 Å². The Morgan fingerprint density at radius 2 is 2.03 bits per heavy atom.